The van der Waals surface area contributed by atoms with Crippen LogP contribution in [0.25, 0.3) is 0 Å². The first-order valence-electron chi connectivity index (χ1n) is 11.2. The van der Waals surface area contributed by atoms with Gasteiger partial charge in [-0.15, -0.1) is 0 Å². The lowest BCUT2D eigenvalue weighted by molar-refractivity contribution is -0.0237. The Morgan fingerprint density at radius 1 is 0.643 bits per heavy atom. The number of hydrogen-bond acceptors (Lipinski definition) is 1. The van der Waals surface area contributed by atoms with E-state index >= 15 is 0 Å². The maximum absolute atomic E-state index is 2.83. The molecule has 0 aliphatic heterocycles. The monoisotopic (exact) mass is 379 g/mol. The zero-order valence-electron chi connectivity index (χ0n) is 19.0. The predicted octanol–water partition coefficient (Wildman–Crippen LogP) is 8.02. The van der Waals surface area contributed by atoms with Crippen molar-refractivity contribution in [3.8, 4) is 0 Å². The fraction of sp³-hybridized carbons (Fsp3) is 0.556. The number of unbranched alkanes of at least 4 members (excludes halogenated alkanes) is 2. The zero-order valence-corrected chi connectivity index (χ0v) is 19.0. The standard InChI is InChI=1S/C27H41N/c1-7-9-21-26(3,4)28(27(5,6)22-10-8-2)25(23-17-13-11-14-18-23)24-19-15-12-16-20-24/h11-20,25H,7-10,21-22H2,1-6H3. The maximum atomic E-state index is 2.83. The minimum absolute atomic E-state index is 0.115. The minimum atomic E-state index is 0.115. The fourth-order valence-electron chi connectivity index (χ4n) is 4.74. The summed E-state index contributed by atoms with van der Waals surface area (Å²) in [6, 6.07) is 22.5. The third-order valence-electron chi connectivity index (χ3n) is 6.08. The molecule has 0 unspecified atom stereocenters. The van der Waals surface area contributed by atoms with Crippen LogP contribution < -0.4 is 0 Å². The third kappa shape index (κ3) is 5.70. The van der Waals surface area contributed by atoms with Gasteiger partial charge in [0.15, 0.2) is 0 Å². The van der Waals surface area contributed by atoms with Crippen LogP contribution in [0.3, 0.4) is 0 Å². The predicted molar refractivity (Wildman–Crippen MR) is 124 cm³/mol. The Bertz CT molecular complexity index is 612. The van der Waals surface area contributed by atoms with E-state index in [-0.39, 0.29) is 17.1 Å². The highest BCUT2D eigenvalue weighted by molar-refractivity contribution is 5.33. The molecule has 0 bridgehead atoms. The average Bonchev–Trinajstić information content (AvgIpc) is 2.70. The molecule has 0 aliphatic carbocycles. The first-order valence-corrected chi connectivity index (χ1v) is 11.2. The number of benzene rings is 2. The summed E-state index contributed by atoms with van der Waals surface area (Å²) < 4.78 is 0. The summed E-state index contributed by atoms with van der Waals surface area (Å²) in [5.41, 5.74) is 3.01. The normalized spacial score (nSPS) is 12.7. The van der Waals surface area contributed by atoms with Gasteiger partial charge >= 0.3 is 0 Å². The summed E-state index contributed by atoms with van der Waals surface area (Å²) in [5, 5.41) is 0. The molecule has 1 nitrogen and oxygen atoms in total. The van der Waals surface area contributed by atoms with Crippen molar-refractivity contribution < 1.29 is 0 Å². The van der Waals surface area contributed by atoms with E-state index in [1.165, 1.54) is 49.7 Å². The van der Waals surface area contributed by atoms with Gasteiger partial charge in [0.1, 0.15) is 0 Å². The van der Waals surface area contributed by atoms with Crippen molar-refractivity contribution in [1.82, 2.24) is 4.90 Å². The largest absolute Gasteiger partial charge is 0.282 e. The second-order valence-corrected chi connectivity index (χ2v) is 9.43. The Morgan fingerprint density at radius 2 is 1.00 bits per heavy atom. The number of nitrogens with zero attached hydrogens (tertiary/aromatic N) is 1. The quantitative estimate of drug-likeness (QED) is 0.382. The molecular formula is C27H41N. The van der Waals surface area contributed by atoms with Gasteiger partial charge < -0.3 is 0 Å². The zero-order chi connectivity index (χ0) is 20.6. The summed E-state index contributed by atoms with van der Waals surface area (Å²) >= 11 is 0. The second-order valence-electron chi connectivity index (χ2n) is 9.43. The lowest BCUT2D eigenvalue weighted by Gasteiger charge is -2.53. The van der Waals surface area contributed by atoms with Crippen LogP contribution in [0.2, 0.25) is 0 Å². The van der Waals surface area contributed by atoms with E-state index in [0.29, 0.717) is 0 Å². The van der Waals surface area contributed by atoms with E-state index in [9.17, 15) is 0 Å². The Hall–Kier alpha value is -1.60. The molecule has 28 heavy (non-hydrogen) atoms. The summed E-state index contributed by atoms with van der Waals surface area (Å²) in [5.74, 6) is 0. The Kier molecular flexibility index (Phi) is 8.31. The van der Waals surface area contributed by atoms with Gasteiger partial charge in [-0.25, -0.2) is 0 Å². The van der Waals surface area contributed by atoms with Gasteiger partial charge in [-0.2, -0.15) is 0 Å². The van der Waals surface area contributed by atoms with E-state index in [2.05, 4.69) is 107 Å². The van der Waals surface area contributed by atoms with Gasteiger partial charge in [0, 0.05) is 11.1 Å². The van der Waals surface area contributed by atoms with E-state index < -0.39 is 0 Å². The Balaban J connectivity index is 2.61. The average molecular weight is 380 g/mol. The number of rotatable bonds is 11. The number of hydrogen-bond donors (Lipinski definition) is 0. The summed E-state index contributed by atoms with van der Waals surface area (Å²) in [6.45, 7) is 14.4. The molecule has 0 aliphatic rings. The van der Waals surface area contributed by atoms with Crippen LogP contribution in [0.15, 0.2) is 60.7 Å². The molecule has 154 valence electrons. The van der Waals surface area contributed by atoms with Crippen molar-refractivity contribution in [3.63, 3.8) is 0 Å². The van der Waals surface area contributed by atoms with Crippen LogP contribution in [-0.4, -0.2) is 16.0 Å². The van der Waals surface area contributed by atoms with Gasteiger partial charge in [0.05, 0.1) is 6.04 Å². The highest BCUT2D eigenvalue weighted by Crippen LogP contribution is 2.43. The van der Waals surface area contributed by atoms with Crippen molar-refractivity contribution in [2.75, 3.05) is 0 Å². The fourth-order valence-corrected chi connectivity index (χ4v) is 4.74. The molecular weight excluding hydrogens is 338 g/mol. The maximum Gasteiger partial charge on any atom is 0.0611 e. The van der Waals surface area contributed by atoms with Gasteiger partial charge in [-0.1, -0.05) is 100 Å². The van der Waals surface area contributed by atoms with Crippen LogP contribution >= 0.6 is 0 Å². The molecule has 0 saturated carbocycles. The van der Waals surface area contributed by atoms with Crippen LogP contribution in [0.5, 0.6) is 0 Å². The molecule has 0 fully saturated rings. The molecule has 0 amide bonds. The van der Waals surface area contributed by atoms with Crippen LogP contribution in [0.1, 0.15) is 97.2 Å². The lowest BCUT2D eigenvalue weighted by atomic mass is 9.81. The highest BCUT2D eigenvalue weighted by atomic mass is 15.3. The van der Waals surface area contributed by atoms with Crippen molar-refractivity contribution >= 4 is 0 Å². The van der Waals surface area contributed by atoms with E-state index in [4.69, 9.17) is 0 Å². The van der Waals surface area contributed by atoms with E-state index in [1.54, 1.807) is 0 Å². The SMILES string of the molecule is CCCCC(C)(C)N(C(c1ccccc1)c1ccccc1)C(C)(C)CCCC. The topological polar surface area (TPSA) is 3.24 Å². The van der Waals surface area contributed by atoms with Crippen molar-refractivity contribution in [2.24, 2.45) is 0 Å². The Morgan fingerprint density at radius 3 is 1.32 bits per heavy atom. The van der Waals surface area contributed by atoms with E-state index in [0.717, 1.165) is 0 Å². The smallest absolute Gasteiger partial charge is 0.0611 e. The molecule has 0 atom stereocenters. The van der Waals surface area contributed by atoms with Crippen molar-refractivity contribution in [1.29, 1.82) is 0 Å². The van der Waals surface area contributed by atoms with E-state index in [1.807, 2.05) is 0 Å². The van der Waals surface area contributed by atoms with Gasteiger partial charge in [-0.05, 0) is 51.7 Å². The van der Waals surface area contributed by atoms with Crippen LogP contribution in [0.4, 0.5) is 0 Å². The highest BCUT2D eigenvalue weighted by Gasteiger charge is 2.42. The molecule has 0 spiro atoms. The molecule has 0 N–H and O–H groups in total. The second kappa shape index (κ2) is 10.3. The first kappa shape index (κ1) is 22.7. The molecule has 0 aromatic heterocycles. The van der Waals surface area contributed by atoms with Crippen LogP contribution in [-0.2, 0) is 0 Å². The van der Waals surface area contributed by atoms with Crippen LogP contribution in [0, 0.1) is 0 Å². The molecule has 0 radical (unpaired) electrons. The molecule has 0 saturated heterocycles. The minimum Gasteiger partial charge on any atom is -0.282 e. The molecule has 2 aromatic carbocycles. The van der Waals surface area contributed by atoms with Crippen molar-refractivity contribution in [2.45, 2.75) is 97.2 Å². The Labute approximate surface area is 174 Å². The molecule has 1 heteroatoms. The molecule has 0 heterocycles. The first-order chi connectivity index (χ1) is 13.3. The molecule has 2 rings (SSSR count). The summed E-state index contributed by atoms with van der Waals surface area (Å²) in [6.07, 6.45) is 7.46. The van der Waals surface area contributed by atoms with Crippen molar-refractivity contribution in [3.05, 3.63) is 71.8 Å². The van der Waals surface area contributed by atoms with Gasteiger partial charge in [-0.3, -0.25) is 4.90 Å². The third-order valence-corrected chi connectivity index (χ3v) is 6.08. The molecule has 2 aromatic rings. The lowest BCUT2D eigenvalue weighted by Crippen LogP contribution is -2.57. The summed E-state index contributed by atoms with van der Waals surface area (Å²) in [7, 11) is 0. The summed E-state index contributed by atoms with van der Waals surface area (Å²) in [4.78, 5) is 2.83. The van der Waals surface area contributed by atoms with Gasteiger partial charge in [0.25, 0.3) is 0 Å². The van der Waals surface area contributed by atoms with Gasteiger partial charge in [0.2, 0.25) is 0 Å².